The third-order valence-corrected chi connectivity index (χ3v) is 6.93. The maximum Gasteiger partial charge on any atom is 0.119 e. The zero-order valence-electron chi connectivity index (χ0n) is 22.0. The van der Waals surface area contributed by atoms with Crippen molar-refractivity contribution in [3.05, 3.63) is 143 Å². The Bertz CT molecular complexity index is 1850. The summed E-state index contributed by atoms with van der Waals surface area (Å²) in [6.45, 7) is 0. The molecule has 0 aromatic heterocycles. The van der Waals surface area contributed by atoms with Gasteiger partial charge in [0.05, 0.1) is 59.9 Å². The second kappa shape index (κ2) is 9.75. The second-order valence-electron chi connectivity index (χ2n) is 9.56. The van der Waals surface area contributed by atoms with Crippen molar-refractivity contribution in [3.8, 4) is 11.5 Å². The number of hydrogen-bond donors (Lipinski definition) is 0. The SMILES string of the molecule is COc1cccc(C2=C(c3cccc(OC)c3)C3=NC2=CC2=NC(=CC4=NC(=CC5=NC(=C3)C=C5)C=C4)C=C2)c1. The molecule has 192 valence electrons. The summed E-state index contributed by atoms with van der Waals surface area (Å²) in [7, 11) is 3.35. The quantitative estimate of drug-likeness (QED) is 0.453. The van der Waals surface area contributed by atoms with Crippen molar-refractivity contribution < 1.29 is 9.47 Å². The second-order valence-corrected chi connectivity index (χ2v) is 9.56. The number of nitrogens with zero attached hydrogens (tertiary/aromatic N) is 4. The van der Waals surface area contributed by atoms with Gasteiger partial charge in [0, 0.05) is 11.1 Å². The van der Waals surface area contributed by atoms with Crippen molar-refractivity contribution in [2.45, 2.75) is 0 Å². The van der Waals surface area contributed by atoms with E-state index >= 15 is 0 Å². The molecule has 5 aliphatic heterocycles. The molecule has 0 aliphatic carbocycles. The van der Waals surface area contributed by atoms with E-state index in [1.165, 1.54) is 0 Å². The zero-order valence-corrected chi connectivity index (χ0v) is 22.0. The minimum atomic E-state index is 0.771. The van der Waals surface area contributed by atoms with E-state index in [1.54, 1.807) is 14.2 Å². The highest BCUT2D eigenvalue weighted by Gasteiger charge is 2.27. The summed E-state index contributed by atoms with van der Waals surface area (Å²) < 4.78 is 11.2. The predicted molar refractivity (Wildman–Crippen MR) is 162 cm³/mol. The van der Waals surface area contributed by atoms with Crippen molar-refractivity contribution in [1.29, 1.82) is 0 Å². The first-order chi connectivity index (χ1) is 19.6. The van der Waals surface area contributed by atoms with Crippen LogP contribution in [-0.4, -0.2) is 37.1 Å². The van der Waals surface area contributed by atoms with Crippen LogP contribution in [0.25, 0.3) is 11.1 Å². The molecule has 0 amide bonds. The molecule has 0 spiro atoms. The first kappa shape index (κ1) is 23.7. The standard InChI is InChI=1S/C34H24N4O2/c1-39-29-7-3-5-21(15-29)33-31-19-27-13-11-25(36-27)17-23-9-10-24(35-23)18-26-12-14-28(37-26)20-32(38-31)34(33)22-6-4-8-30(16-22)40-2/h3-20H,1-2H3. The molecule has 0 saturated heterocycles. The van der Waals surface area contributed by atoms with Crippen molar-refractivity contribution in [2.75, 3.05) is 14.2 Å². The molecule has 2 aromatic rings. The lowest BCUT2D eigenvalue weighted by molar-refractivity contribution is 0.414. The Hall–Kier alpha value is -5.36. The predicted octanol–water partition coefficient (Wildman–Crippen LogP) is 6.65. The largest absolute Gasteiger partial charge is 0.497 e. The molecule has 6 heteroatoms. The Morgan fingerprint density at radius 2 is 1.00 bits per heavy atom. The fraction of sp³-hybridized carbons (Fsp3) is 0.0588. The van der Waals surface area contributed by atoms with Gasteiger partial charge in [-0.05, 0) is 96.2 Å². The van der Waals surface area contributed by atoms with Gasteiger partial charge in [-0.1, -0.05) is 24.3 Å². The number of allylic oxidation sites excluding steroid dienone is 12. The molecule has 6 nitrogen and oxygen atoms in total. The topological polar surface area (TPSA) is 67.9 Å². The number of fused-ring (bicyclic) bond motifs is 4. The third-order valence-electron chi connectivity index (χ3n) is 6.93. The van der Waals surface area contributed by atoms with Gasteiger partial charge in [-0.3, -0.25) is 0 Å². The summed E-state index contributed by atoms with van der Waals surface area (Å²) in [5.74, 6) is 1.54. The molecule has 2 aromatic carbocycles. The van der Waals surface area contributed by atoms with Gasteiger partial charge in [-0.25, -0.2) is 20.0 Å². The lowest BCUT2D eigenvalue weighted by Gasteiger charge is -2.12. The highest BCUT2D eigenvalue weighted by Crippen LogP contribution is 2.42. The van der Waals surface area contributed by atoms with Crippen molar-refractivity contribution in [3.63, 3.8) is 0 Å². The van der Waals surface area contributed by atoms with Crippen LogP contribution >= 0.6 is 0 Å². The average Bonchev–Trinajstić information content (AvgIpc) is 3.78. The van der Waals surface area contributed by atoms with Gasteiger partial charge >= 0.3 is 0 Å². The summed E-state index contributed by atoms with van der Waals surface area (Å²) in [6.07, 6.45) is 20.0. The third kappa shape index (κ3) is 4.46. The van der Waals surface area contributed by atoms with E-state index in [1.807, 2.05) is 97.2 Å². The van der Waals surface area contributed by atoms with Crippen LogP contribution in [0.2, 0.25) is 0 Å². The van der Waals surface area contributed by atoms with Crippen molar-refractivity contribution in [1.82, 2.24) is 0 Å². The number of benzene rings is 2. The normalized spacial score (nSPS) is 18.6. The van der Waals surface area contributed by atoms with E-state index in [4.69, 9.17) is 29.4 Å². The number of ether oxygens (including phenoxy) is 2. The molecule has 0 radical (unpaired) electrons. The molecule has 5 heterocycles. The van der Waals surface area contributed by atoms with E-state index < -0.39 is 0 Å². The Labute approximate surface area is 232 Å². The van der Waals surface area contributed by atoms with Gasteiger partial charge < -0.3 is 9.47 Å². The van der Waals surface area contributed by atoms with Gasteiger partial charge in [0.2, 0.25) is 0 Å². The smallest absolute Gasteiger partial charge is 0.119 e. The van der Waals surface area contributed by atoms with E-state index in [-0.39, 0.29) is 0 Å². The van der Waals surface area contributed by atoms with Gasteiger partial charge in [-0.15, -0.1) is 0 Å². The summed E-state index contributed by atoms with van der Waals surface area (Å²) in [6, 6.07) is 16.1. The molecule has 5 aliphatic rings. The first-order valence-electron chi connectivity index (χ1n) is 12.9. The van der Waals surface area contributed by atoms with Crippen LogP contribution in [-0.2, 0) is 0 Å². The minimum Gasteiger partial charge on any atom is -0.497 e. The van der Waals surface area contributed by atoms with E-state index in [0.717, 1.165) is 79.4 Å². The molecule has 0 saturated carbocycles. The van der Waals surface area contributed by atoms with E-state index in [9.17, 15) is 0 Å². The van der Waals surface area contributed by atoms with E-state index in [2.05, 4.69) is 12.1 Å². The maximum absolute atomic E-state index is 5.59. The number of methoxy groups -OCH3 is 2. The van der Waals surface area contributed by atoms with Crippen LogP contribution in [0.3, 0.4) is 0 Å². The maximum atomic E-state index is 5.59. The Kier molecular flexibility index (Phi) is 5.78. The van der Waals surface area contributed by atoms with Crippen LogP contribution in [0.15, 0.2) is 152 Å². The molecule has 7 rings (SSSR count). The van der Waals surface area contributed by atoms with Crippen LogP contribution in [0.1, 0.15) is 11.1 Å². The molecule has 0 N–H and O–H groups in total. The Morgan fingerprint density at radius 3 is 1.55 bits per heavy atom. The average molecular weight is 521 g/mol. The van der Waals surface area contributed by atoms with Crippen LogP contribution in [0.5, 0.6) is 11.5 Å². The van der Waals surface area contributed by atoms with Crippen molar-refractivity contribution in [2.24, 2.45) is 20.0 Å². The monoisotopic (exact) mass is 520 g/mol. The zero-order chi connectivity index (χ0) is 27.1. The van der Waals surface area contributed by atoms with Gasteiger partial charge in [0.15, 0.2) is 0 Å². The highest BCUT2D eigenvalue weighted by molar-refractivity contribution is 6.40. The van der Waals surface area contributed by atoms with Crippen LogP contribution in [0.4, 0.5) is 0 Å². The lowest BCUT2D eigenvalue weighted by Crippen LogP contribution is -1.99. The van der Waals surface area contributed by atoms with Crippen LogP contribution in [0, 0.1) is 0 Å². The van der Waals surface area contributed by atoms with Crippen LogP contribution < -0.4 is 9.47 Å². The molecule has 0 atom stereocenters. The molecule has 40 heavy (non-hydrogen) atoms. The molecule has 0 unspecified atom stereocenters. The van der Waals surface area contributed by atoms with Gasteiger partial charge in [-0.2, -0.15) is 0 Å². The Morgan fingerprint density at radius 1 is 0.500 bits per heavy atom. The summed E-state index contributed by atoms with van der Waals surface area (Å²) in [5, 5.41) is 0. The summed E-state index contributed by atoms with van der Waals surface area (Å²) >= 11 is 0. The Balaban J connectivity index is 1.50. The molecule has 8 bridgehead atoms. The fourth-order valence-corrected chi connectivity index (χ4v) is 5.10. The molecule has 0 fully saturated rings. The minimum absolute atomic E-state index is 0.771. The molecular formula is C34H24N4O2. The van der Waals surface area contributed by atoms with Crippen molar-refractivity contribution >= 4 is 34.0 Å². The van der Waals surface area contributed by atoms with E-state index in [0.29, 0.717) is 0 Å². The van der Waals surface area contributed by atoms with Gasteiger partial charge in [0.25, 0.3) is 0 Å². The number of rotatable bonds is 4. The van der Waals surface area contributed by atoms with Gasteiger partial charge in [0.1, 0.15) is 11.5 Å². The summed E-state index contributed by atoms with van der Waals surface area (Å²) in [4.78, 5) is 19.6. The summed E-state index contributed by atoms with van der Waals surface area (Å²) in [5.41, 5.74) is 10.6. The highest BCUT2D eigenvalue weighted by atomic mass is 16.5. The first-order valence-corrected chi connectivity index (χ1v) is 12.9. The molecular weight excluding hydrogens is 496 g/mol. The number of aliphatic imine (C=N–C) groups is 4. The number of hydrogen-bond acceptors (Lipinski definition) is 6. The fourth-order valence-electron chi connectivity index (χ4n) is 5.10. The lowest BCUT2D eigenvalue weighted by atomic mass is 9.91.